The average molecular weight is 419 g/mol. The predicted octanol–water partition coefficient (Wildman–Crippen LogP) is 3.42. The minimum absolute atomic E-state index is 0.157. The van der Waals surface area contributed by atoms with Crippen molar-refractivity contribution in [3.63, 3.8) is 0 Å². The van der Waals surface area contributed by atoms with E-state index in [0.717, 1.165) is 0 Å². The molecule has 1 amide bonds. The van der Waals surface area contributed by atoms with Crippen LogP contribution in [0, 0.1) is 5.82 Å². The van der Waals surface area contributed by atoms with E-state index in [4.69, 9.17) is 21.1 Å². The molecule has 1 fully saturated rings. The maximum atomic E-state index is 14.4. The summed E-state index contributed by atoms with van der Waals surface area (Å²) in [5.74, 6) is 0.165. The molecule has 2 aliphatic heterocycles. The van der Waals surface area contributed by atoms with Crippen LogP contribution >= 0.6 is 11.6 Å². The van der Waals surface area contributed by atoms with Crippen LogP contribution in [0.15, 0.2) is 30.3 Å². The normalized spacial score (nSPS) is 16.0. The molecule has 29 heavy (non-hydrogen) atoms. The summed E-state index contributed by atoms with van der Waals surface area (Å²) in [4.78, 5) is 27.9. The van der Waals surface area contributed by atoms with Crippen LogP contribution in [0.25, 0.3) is 0 Å². The Hall–Kier alpha value is -2.80. The van der Waals surface area contributed by atoms with Gasteiger partial charge in [0.15, 0.2) is 17.3 Å². The van der Waals surface area contributed by atoms with Crippen LogP contribution in [0.1, 0.15) is 27.6 Å². The van der Waals surface area contributed by atoms with E-state index in [1.807, 2.05) is 4.90 Å². The third-order valence-electron chi connectivity index (χ3n) is 5.11. The molecule has 0 aliphatic carbocycles. The molecule has 2 aromatic carbocycles. The van der Waals surface area contributed by atoms with Crippen molar-refractivity contribution >= 4 is 29.0 Å². The smallest absolute Gasteiger partial charge is 0.254 e. The number of amides is 1. The largest absolute Gasteiger partial charge is 0.486 e. The summed E-state index contributed by atoms with van der Waals surface area (Å²) in [6, 6.07) is 7.73. The van der Waals surface area contributed by atoms with Gasteiger partial charge in [-0.05, 0) is 37.3 Å². The topological polar surface area (TPSA) is 59.1 Å². The van der Waals surface area contributed by atoms with E-state index in [2.05, 4.69) is 0 Å². The molecule has 0 aromatic heterocycles. The van der Waals surface area contributed by atoms with Crippen molar-refractivity contribution in [2.24, 2.45) is 0 Å². The van der Waals surface area contributed by atoms with E-state index in [0.29, 0.717) is 72.7 Å². The molecule has 6 nitrogen and oxygen atoms in total. The number of carbonyl (C=O) groups excluding carboxylic acids is 2. The number of rotatable bonds is 3. The monoisotopic (exact) mass is 418 g/mol. The summed E-state index contributed by atoms with van der Waals surface area (Å²) in [6.45, 7) is 4.10. The molecule has 0 unspecified atom stereocenters. The van der Waals surface area contributed by atoms with Crippen LogP contribution in [-0.4, -0.2) is 56.0 Å². The number of carbonyl (C=O) groups is 2. The second kappa shape index (κ2) is 7.91. The van der Waals surface area contributed by atoms with E-state index in [-0.39, 0.29) is 11.7 Å². The zero-order valence-corrected chi connectivity index (χ0v) is 16.7. The van der Waals surface area contributed by atoms with Crippen molar-refractivity contribution in [1.29, 1.82) is 0 Å². The van der Waals surface area contributed by atoms with Gasteiger partial charge in [0.1, 0.15) is 19.0 Å². The Morgan fingerprint density at radius 1 is 1.00 bits per heavy atom. The first-order chi connectivity index (χ1) is 13.9. The molecular formula is C21H20ClFN2O4. The number of Topliss-reactive ketones (excluding diaryl/α,β-unsaturated/α-hetero) is 1. The van der Waals surface area contributed by atoms with Gasteiger partial charge in [0.25, 0.3) is 5.91 Å². The van der Waals surface area contributed by atoms with Gasteiger partial charge in [-0.3, -0.25) is 9.59 Å². The molecule has 0 atom stereocenters. The second-order valence-electron chi connectivity index (χ2n) is 6.98. The van der Waals surface area contributed by atoms with Gasteiger partial charge in [-0.15, -0.1) is 0 Å². The highest BCUT2D eigenvalue weighted by molar-refractivity contribution is 6.32. The first-order valence-corrected chi connectivity index (χ1v) is 9.75. The van der Waals surface area contributed by atoms with Gasteiger partial charge in [-0.1, -0.05) is 11.6 Å². The standard InChI is InChI=1S/C21H20ClFN2O4/c1-13(26)14-2-3-18(17(23)11-14)24-4-6-25(7-5-24)21(27)15-10-16(22)20-19(12-15)28-8-9-29-20/h2-3,10-12H,4-9H2,1H3. The number of anilines is 1. The third-order valence-corrected chi connectivity index (χ3v) is 5.39. The zero-order chi connectivity index (χ0) is 20.5. The lowest BCUT2D eigenvalue weighted by atomic mass is 10.1. The summed E-state index contributed by atoms with van der Waals surface area (Å²) in [6.07, 6.45) is 0. The van der Waals surface area contributed by atoms with Crippen LogP contribution in [0.5, 0.6) is 11.5 Å². The fourth-order valence-corrected chi connectivity index (χ4v) is 3.81. The van der Waals surface area contributed by atoms with E-state index < -0.39 is 5.82 Å². The Bertz CT molecular complexity index is 973. The molecule has 0 radical (unpaired) electrons. The molecule has 0 spiro atoms. The van der Waals surface area contributed by atoms with E-state index >= 15 is 0 Å². The number of nitrogens with zero attached hydrogens (tertiary/aromatic N) is 2. The van der Waals surface area contributed by atoms with Crippen molar-refractivity contribution in [3.8, 4) is 11.5 Å². The Morgan fingerprint density at radius 2 is 1.72 bits per heavy atom. The molecule has 0 bridgehead atoms. The van der Waals surface area contributed by atoms with E-state index in [9.17, 15) is 14.0 Å². The third kappa shape index (κ3) is 3.87. The molecule has 0 saturated carbocycles. The summed E-state index contributed by atoms with van der Waals surface area (Å²) in [7, 11) is 0. The minimum Gasteiger partial charge on any atom is -0.486 e. The first-order valence-electron chi connectivity index (χ1n) is 9.38. The Morgan fingerprint density at radius 3 is 2.41 bits per heavy atom. The number of fused-ring (bicyclic) bond motifs is 1. The van der Waals surface area contributed by atoms with Gasteiger partial charge in [-0.2, -0.15) is 0 Å². The second-order valence-corrected chi connectivity index (χ2v) is 7.39. The van der Waals surface area contributed by atoms with Crippen LogP contribution in [0.3, 0.4) is 0 Å². The lowest BCUT2D eigenvalue weighted by molar-refractivity contribution is 0.0745. The van der Waals surface area contributed by atoms with Crippen LogP contribution in [-0.2, 0) is 0 Å². The molecule has 4 rings (SSSR count). The Labute approximate surface area is 172 Å². The van der Waals surface area contributed by atoms with Crippen LogP contribution < -0.4 is 14.4 Å². The number of halogens is 2. The molecule has 8 heteroatoms. The number of piperazine rings is 1. The number of hydrogen-bond donors (Lipinski definition) is 0. The molecule has 152 valence electrons. The summed E-state index contributed by atoms with van der Waals surface area (Å²) in [5.41, 5.74) is 1.21. The van der Waals surface area contributed by atoms with Crippen molar-refractivity contribution in [1.82, 2.24) is 4.90 Å². The maximum absolute atomic E-state index is 14.4. The van der Waals surface area contributed by atoms with Crippen molar-refractivity contribution in [2.75, 3.05) is 44.3 Å². The quantitative estimate of drug-likeness (QED) is 0.715. The summed E-state index contributed by atoms with van der Waals surface area (Å²) < 4.78 is 25.4. The van der Waals surface area contributed by atoms with Gasteiger partial charge in [0.2, 0.25) is 0 Å². The Kier molecular flexibility index (Phi) is 5.32. The van der Waals surface area contributed by atoms with Gasteiger partial charge in [-0.25, -0.2) is 4.39 Å². The molecular weight excluding hydrogens is 399 g/mol. The number of ether oxygens (including phenoxy) is 2. The van der Waals surface area contributed by atoms with Gasteiger partial charge in [0.05, 0.1) is 10.7 Å². The SMILES string of the molecule is CC(=O)c1ccc(N2CCN(C(=O)c3cc(Cl)c4c(c3)OCCO4)CC2)c(F)c1. The van der Waals surface area contributed by atoms with E-state index in [1.165, 1.54) is 13.0 Å². The fraction of sp³-hybridized carbons (Fsp3) is 0.333. The van der Waals surface area contributed by atoms with Crippen LogP contribution in [0.4, 0.5) is 10.1 Å². The van der Waals surface area contributed by atoms with Crippen LogP contribution in [0.2, 0.25) is 5.02 Å². The molecule has 2 heterocycles. The van der Waals surface area contributed by atoms with Gasteiger partial charge in [0, 0.05) is 37.3 Å². The van der Waals surface area contributed by atoms with Crippen molar-refractivity contribution < 1.29 is 23.5 Å². The number of hydrogen-bond acceptors (Lipinski definition) is 5. The Balaban J connectivity index is 1.45. The summed E-state index contributed by atoms with van der Waals surface area (Å²) in [5, 5.41) is 0.344. The van der Waals surface area contributed by atoms with Gasteiger partial charge >= 0.3 is 0 Å². The highest BCUT2D eigenvalue weighted by atomic mass is 35.5. The minimum atomic E-state index is -0.434. The molecule has 2 aromatic rings. The lowest BCUT2D eigenvalue weighted by Crippen LogP contribution is -2.49. The number of benzene rings is 2. The van der Waals surface area contributed by atoms with Crippen molar-refractivity contribution in [2.45, 2.75) is 6.92 Å². The average Bonchev–Trinajstić information content (AvgIpc) is 2.73. The van der Waals surface area contributed by atoms with E-state index in [1.54, 1.807) is 29.2 Å². The lowest BCUT2D eigenvalue weighted by Gasteiger charge is -2.36. The van der Waals surface area contributed by atoms with Gasteiger partial charge < -0.3 is 19.3 Å². The fourth-order valence-electron chi connectivity index (χ4n) is 3.55. The maximum Gasteiger partial charge on any atom is 0.254 e. The molecule has 2 aliphatic rings. The summed E-state index contributed by atoms with van der Waals surface area (Å²) >= 11 is 6.24. The highest BCUT2D eigenvalue weighted by Crippen LogP contribution is 2.38. The zero-order valence-electron chi connectivity index (χ0n) is 15.9. The number of ketones is 1. The first kappa shape index (κ1) is 19.5. The van der Waals surface area contributed by atoms with Crippen molar-refractivity contribution in [3.05, 3.63) is 52.3 Å². The molecule has 1 saturated heterocycles. The highest BCUT2D eigenvalue weighted by Gasteiger charge is 2.26. The predicted molar refractivity (Wildman–Crippen MR) is 107 cm³/mol. The molecule has 0 N–H and O–H groups in total.